The van der Waals surface area contributed by atoms with E-state index in [-0.39, 0.29) is 11.7 Å². The molecule has 5 rings (SSSR count). The van der Waals surface area contributed by atoms with E-state index in [1.165, 1.54) is 11.8 Å². The Morgan fingerprint density at radius 1 is 1.00 bits per heavy atom. The van der Waals surface area contributed by atoms with Crippen LogP contribution in [0.4, 0.5) is 5.69 Å². The van der Waals surface area contributed by atoms with Gasteiger partial charge in [0.2, 0.25) is 5.91 Å². The number of hydrogen-bond acceptors (Lipinski definition) is 5. The molecule has 6 nitrogen and oxygen atoms in total. The van der Waals surface area contributed by atoms with Crippen molar-refractivity contribution in [2.24, 2.45) is 0 Å². The van der Waals surface area contributed by atoms with Crippen LogP contribution in [-0.4, -0.2) is 31.4 Å². The van der Waals surface area contributed by atoms with Gasteiger partial charge in [0.1, 0.15) is 0 Å². The summed E-state index contributed by atoms with van der Waals surface area (Å²) in [4.78, 5) is 17.5. The highest BCUT2D eigenvalue weighted by Gasteiger charge is 2.18. The van der Waals surface area contributed by atoms with Crippen molar-refractivity contribution in [2.75, 3.05) is 11.1 Å². The SMILES string of the molecule is CCn1c(SCC(=O)Nc2cccc(Cl)c2C)nnc1-c1cc(-c2ccccc2)nc2ccccc12. The van der Waals surface area contributed by atoms with Crippen LogP contribution < -0.4 is 5.32 Å². The average molecular weight is 514 g/mol. The van der Waals surface area contributed by atoms with Gasteiger partial charge in [0.05, 0.1) is 17.0 Å². The second kappa shape index (κ2) is 10.5. The van der Waals surface area contributed by atoms with Crippen molar-refractivity contribution in [2.45, 2.75) is 25.5 Å². The minimum absolute atomic E-state index is 0.127. The van der Waals surface area contributed by atoms with Gasteiger partial charge in [-0.15, -0.1) is 10.2 Å². The number of para-hydroxylation sites is 1. The lowest BCUT2D eigenvalue weighted by Gasteiger charge is -2.12. The third-order valence-corrected chi connectivity index (χ3v) is 7.31. The molecular formula is C28H24ClN5OS. The zero-order valence-corrected chi connectivity index (χ0v) is 21.5. The molecule has 0 aliphatic carbocycles. The van der Waals surface area contributed by atoms with Gasteiger partial charge in [0, 0.05) is 33.8 Å². The van der Waals surface area contributed by atoms with E-state index in [0.717, 1.165) is 39.1 Å². The Kier molecular flexibility index (Phi) is 7.02. The molecule has 180 valence electrons. The second-order valence-corrected chi connectivity index (χ2v) is 9.59. The van der Waals surface area contributed by atoms with E-state index in [9.17, 15) is 4.79 Å². The Morgan fingerprint density at radius 2 is 1.78 bits per heavy atom. The van der Waals surface area contributed by atoms with Crippen LogP contribution in [0.1, 0.15) is 12.5 Å². The molecule has 0 unspecified atom stereocenters. The summed E-state index contributed by atoms with van der Waals surface area (Å²) in [5, 5.41) is 14.2. The van der Waals surface area contributed by atoms with Crippen LogP contribution in [0.15, 0.2) is 84.0 Å². The summed E-state index contributed by atoms with van der Waals surface area (Å²) in [7, 11) is 0. The van der Waals surface area contributed by atoms with Gasteiger partial charge in [-0.05, 0) is 43.7 Å². The van der Waals surface area contributed by atoms with Crippen molar-refractivity contribution in [3.05, 3.63) is 89.4 Å². The molecule has 5 aromatic rings. The summed E-state index contributed by atoms with van der Waals surface area (Å²) in [5.41, 5.74) is 5.32. The maximum atomic E-state index is 12.7. The van der Waals surface area contributed by atoms with Gasteiger partial charge in [-0.25, -0.2) is 4.98 Å². The maximum Gasteiger partial charge on any atom is 0.234 e. The Balaban J connectivity index is 1.45. The lowest BCUT2D eigenvalue weighted by molar-refractivity contribution is -0.113. The fourth-order valence-corrected chi connectivity index (χ4v) is 5.03. The molecule has 0 atom stereocenters. The molecule has 2 aromatic heterocycles. The number of fused-ring (bicyclic) bond motifs is 1. The first-order chi connectivity index (χ1) is 17.5. The van der Waals surface area contributed by atoms with Crippen LogP contribution in [0.3, 0.4) is 0 Å². The van der Waals surface area contributed by atoms with Crippen LogP contribution >= 0.6 is 23.4 Å². The van der Waals surface area contributed by atoms with E-state index in [0.29, 0.717) is 22.4 Å². The highest BCUT2D eigenvalue weighted by atomic mass is 35.5. The lowest BCUT2D eigenvalue weighted by atomic mass is 10.0. The van der Waals surface area contributed by atoms with Gasteiger partial charge in [0.15, 0.2) is 11.0 Å². The van der Waals surface area contributed by atoms with E-state index in [2.05, 4.69) is 27.6 Å². The molecule has 0 bridgehead atoms. The van der Waals surface area contributed by atoms with Crippen molar-refractivity contribution in [1.29, 1.82) is 0 Å². The summed E-state index contributed by atoms with van der Waals surface area (Å²) in [6.45, 7) is 4.60. The Bertz CT molecular complexity index is 1550. The zero-order chi connectivity index (χ0) is 25.1. The smallest absolute Gasteiger partial charge is 0.234 e. The standard InChI is InChI=1S/C28H24ClN5OS/c1-3-34-27(32-33-28(34)36-17-26(35)31-23-15-9-13-22(29)18(23)2)21-16-25(19-10-5-4-6-11-19)30-24-14-8-7-12-20(21)24/h4-16H,3,17H2,1-2H3,(H,31,35). The van der Waals surface area contributed by atoms with Crippen LogP contribution in [-0.2, 0) is 11.3 Å². The number of carbonyl (C=O) groups is 1. The molecule has 0 fully saturated rings. The van der Waals surface area contributed by atoms with Crippen molar-refractivity contribution in [3.8, 4) is 22.6 Å². The predicted molar refractivity (Wildman–Crippen MR) is 147 cm³/mol. The number of benzene rings is 3. The minimum Gasteiger partial charge on any atom is -0.325 e. The molecule has 0 aliphatic rings. The number of rotatable bonds is 7. The number of nitrogens with zero attached hydrogens (tertiary/aromatic N) is 4. The van der Waals surface area contributed by atoms with Crippen molar-refractivity contribution in [3.63, 3.8) is 0 Å². The fourth-order valence-electron chi connectivity index (χ4n) is 4.06. The second-order valence-electron chi connectivity index (χ2n) is 8.24. The Labute approximate surface area is 218 Å². The Morgan fingerprint density at radius 3 is 2.58 bits per heavy atom. The predicted octanol–water partition coefficient (Wildman–Crippen LogP) is 6.87. The largest absolute Gasteiger partial charge is 0.325 e. The third kappa shape index (κ3) is 4.85. The lowest BCUT2D eigenvalue weighted by Crippen LogP contribution is -2.15. The molecule has 0 radical (unpaired) electrons. The fraction of sp³-hybridized carbons (Fsp3) is 0.143. The minimum atomic E-state index is -0.127. The number of pyridine rings is 1. The van der Waals surface area contributed by atoms with E-state index in [1.54, 1.807) is 6.07 Å². The number of hydrogen-bond donors (Lipinski definition) is 1. The van der Waals surface area contributed by atoms with E-state index >= 15 is 0 Å². The highest BCUT2D eigenvalue weighted by Crippen LogP contribution is 2.33. The molecule has 0 aliphatic heterocycles. The molecule has 3 aromatic carbocycles. The molecule has 0 saturated carbocycles. The van der Waals surface area contributed by atoms with Gasteiger partial charge in [-0.3, -0.25) is 4.79 Å². The van der Waals surface area contributed by atoms with Crippen molar-refractivity contribution >= 4 is 45.9 Å². The van der Waals surface area contributed by atoms with E-state index in [1.807, 2.05) is 79.1 Å². The number of thioether (sulfide) groups is 1. The van der Waals surface area contributed by atoms with Crippen LogP contribution in [0.5, 0.6) is 0 Å². The molecular weight excluding hydrogens is 490 g/mol. The van der Waals surface area contributed by atoms with Gasteiger partial charge in [0.25, 0.3) is 0 Å². The molecule has 2 heterocycles. The van der Waals surface area contributed by atoms with Crippen molar-refractivity contribution in [1.82, 2.24) is 19.7 Å². The number of aromatic nitrogens is 4. The monoisotopic (exact) mass is 513 g/mol. The quantitative estimate of drug-likeness (QED) is 0.240. The van der Waals surface area contributed by atoms with Gasteiger partial charge < -0.3 is 9.88 Å². The summed E-state index contributed by atoms with van der Waals surface area (Å²) >= 11 is 7.54. The van der Waals surface area contributed by atoms with E-state index < -0.39 is 0 Å². The molecule has 0 saturated heterocycles. The average Bonchev–Trinajstić information content (AvgIpc) is 3.32. The Hall–Kier alpha value is -3.68. The first-order valence-electron chi connectivity index (χ1n) is 11.6. The zero-order valence-electron chi connectivity index (χ0n) is 19.9. The number of nitrogens with one attached hydrogen (secondary N) is 1. The molecule has 1 amide bonds. The van der Waals surface area contributed by atoms with E-state index in [4.69, 9.17) is 16.6 Å². The first kappa shape index (κ1) is 24.0. The van der Waals surface area contributed by atoms with Crippen molar-refractivity contribution < 1.29 is 4.79 Å². The topological polar surface area (TPSA) is 72.7 Å². The molecule has 36 heavy (non-hydrogen) atoms. The summed E-state index contributed by atoms with van der Waals surface area (Å²) in [6.07, 6.45) is 0. The van der Waals surface area contributed by atoms with Gasteiger partial charge in [-0.1, -0.05) is 78.0 Å². The first-order valence-corrected chi connectivity index (χ1v) is 13.0. The van der Waals surface area contributed by atoms with Gasteiger partial charge >= 0.3 is 0 Å². The van der Waals surface area contributed by atoms with Crippen LogP contribution in [0.2, 0.25) is 5.02 Å². The molecule has 8 heteroatoms. The summed E-state index contributed by atoms with van der Waals surface area (Å²) in [6, 6.07) is 25.7. The number of carbonyl (C=O) groups excluding carboxylic acids is 1. The third-order valence-electron chi connectivity index (χ3n) is 5.93. The number of anilines is 1. The van der Waals surface area contributed by atoms with Gasteiger partial charge in [-0.2, -0.15) is 0 Å². The normalized spacial score (nSPS) is 11.1. The summed E-state index contributed by atoms with van der Waals surface area (Å²) in [5.74, 6) is 0.830. The summed E-state index contributed by atoms with van der Waals surface area (Å²) < 4.78 is 2.04. The molecule has 1 N–H and O–H groups in total. The van der Waals surface area contributed by atoms with Crippen LogP contribution in [0, 0.1) is 6.92 Å². The number of halogens is 1. The number of amides is 1. The highest BCUT2D eigenvalue weighted by molar-refractivity contribution is 7.99. The van der Waals surface area contributed by atoms with Crippen LogP contribution in [0.25, 0.3) is 33.5 Å². The molecule has 0 spiro atoms. The maximum absolute atomic E-state index is 12.7.